The van der Waals surface area contributed by atoms with Crippen LogP contribution < -0.4 is 0 Å². The van der Waals surface area contributed by atoms with Gasteiger partial charge in [0.25, 0.3) is 5.69 Å². The fourth-order valence-corrected chi connectivity index (χ4v) is 3.03. The Morgan fingerprint density at radius 1 is 1.43 bits per heavy atom. The summed E-state index contributed by atoms with van der Waals surface area (Å²) in [6.07, 6.45) is 0. The Hall–Kier alpha value is -2.40. The molecule has 0 aliphatic heterocycles. The van der Waals surface area contributed by atoms with Crippen LogP contribution in [0, 0.1) is 35.3 Å². The monoisotopic (exact) mass is 303 g/mol. The maximum Gasteiger partial charge on any atom is 0.274 e. The van der Waals surface area contributed by atoms with Crippen molar-refractivity contribution in [1.29, 1.82) is 5.26 Å². The van der Waals surface area contributed by atoms with E-state index in [2.05, 4.69) is 10.2 Å². The maximum absolute atomic E-state index is 11.1. The molecule has 0 aliphatic rings. The summed E-state index contributed by atoms with van der Waals surface area (Å²) < 4.78 is 1.91. The molecular formula is C13H13N5O2S. The van der Waals surface area contributed by atoms with Gasteiger partial charge in [0, 0.05) is 23.1 Å². The molecule has 0 N–H and O–H groups in total. The summed E-state index contributed by atoms with van der Waals surface area (Å²) in [5, 5.41) is 28.8. The third kappa shape index (κ3) is 2.87. The number of nitro benzene ring substituents is 1. The second kappa shape index (κ2) is 5.93. The number of nitro groups is 1. The lowest BCUT2D eigenvalue weighted by atomic mass is 10.1. The zero-order chi connectivity index (χ0) is 15.6. The molecule has 0 saturated heterocycles. The van der Waals surface area contributed by atoms with Crippen LogP contribution in [0.3, 0.4) is 0 Å². The number of nitriles is 1. The van der Waals surface area contributed by atoms with Crippen LogP contribution in [0.2, 0.25) is 0 Å². The van der Waals surface area contributed by atoms with Crippen molar-refractivity contribution in [1.82, 2.24) is 14.8 Å². The highest BCUT2D eigenvalue weighted by molar-refractivity contribution is 7.99. The quantitative estimate of drug-likeness (QED) is 0.636. The van der Waals surface area contributed by atoms with Gasteiger partial charge in [-0.1, -0.05) is 0 Å². The minimum Gasteiger partial charge on any atom is -0.306 e. The zero-order valence-corrected chi connectivity index (χ0v) is 12.6. The van der Waals surface area contributed by atoms with Gasteiger partial charge >= 0.3 is 0 Å². The number of hydrogen-bond acceptors (Lipinski definition) is 6. The largest absolute Gasteiger partial charge is 0.306 e. The van der Waals surface area contributed by atoms with Crippen LogP contribution in [0.4, 0.5) is 5.69 Å². The van der Waals surface area contributed by atoms with Crippen LogP contribution in [0.25, 0.3) is 0 Å². The first-order valence-electron chi connectivity index (χ1n) is 6.24. The first kappa shape index (κ1) is 15.0. The van der Waals surface area contributed by atoms with E-state index in [0.29, 0.717) is 22.2 Å². The summed E-state index contributed by atoms with van der Waals surface area (Å²) in [5.74, 6) is 0.781. The molecule has 0 radical (unpaired) electrons. The van der Waals surface area contributed by atoms with Crippen molar-refractivity contribution in [2.75, 3.05) is 0 Å². The molecule has 7 nitrogen and oxygen atoms in total. The van der Waals surface area contributed by atoms with Crippen LogP contribution in [0.1, 0.15) is 23.9 Å². The molecule has 0 amide bonds. The average molecular weight is 303 g/mol. The van der Waals surface area contributed by atoms with Gasteiger partial charge in [-0.05, 0) is 38.6 Å². The molecular weight excluding hydrogens is 290 g/mol. The molecule has 8 heteroatoms. The highest BCUT2D eigenvalue weighted by Crippen LogP contribution is 2.34. The van der Waals surface area contributed by atoms with Crippen molar-refractivity contribution in [3.63, 3.8) is 0 Å². The lowest BCUT2D eigenvalue weighted by Gasteiger charge is -2.08. The molecule has 0 saturated carbocycles. The van der Waals surface area contributed by atoms with E-state index in [1.807, 2.05) is 24.5 Å². The number of nitrogens with zero attached hydrogens (tertiary/aromatic N) is 5. The normalized spacial score (nSPS) is 10.4. The van der Waals surface area contributed by atoms with E-state index in [9.17, 15) is 10.1 Å². The summed E-state index contributed by atoms with van der Waals surface area (Å²) in [5.41, 5.74) is 0.720. The molecule has 0 bridgehead atoms. The first-order chi connectivity index (χ1) is 9.97. The van der Waals surface area contributed by atoms with Gasteiger partial charge in [-0.3, -0.25) is 10.1 Å². The van der Waals surface area contributed by atoms with E-state index in [-0.39, 0.29) is 11.3 Å². The van der Waals surface area contributed by atoms with Gasteiger partial charge in [-0.2, -0.15) is 5.26 Å². The van der Waals surface area contributed by atoms with E-state index >= 15 is 0 Å². The van der Waals surface area contributed by atoms with E-state index in [1.54, 1.807) is 13.0 Å². The Morgan fingerprint density at radius 2 is 2.14 bits per heavy atom. The molecule has 108 valence electrons. The molecule has 0 fully saturated rings. The van der Waals surface area contributed by atoms with E-state index < -0.39 is 4.92 Å². The minimum absolute atomic E-state index is 0.0594. The molecule has 1 aromatic carbocycles. The molecule has 0 aliphatic carbocycles. The van der Waals surface area contributed by atoms with E-state index in [1.165, 1.54) is 17.8 Å². The van der Waals surface area contributed by atoms with Crippen molar-refractivity contribution in [3.05, 3.63) is 39.2 Å². The minimum atomic E-state index is -0.476. The van der Waals surface area contributed by atoms with Crippen molar-refractivity contribution >= 4 is 17.4 Å². The van der Waals surface area contributed by atoms with Crippen LogP contribution in [-0.2, 0) is 6.54 Å². The molecule has 2 rings (SSSR count). The van der Waals surface area contributed by atoms with Gasteiger partial charge < -0.3 is 4.57 Å². The highest BCUT2D eigenvalue weighted by atomic mass is 32.2. The second-order valence-electron chi connectivity index (χ2n) is 4.36. The topological polar surface area (TPSA) is 97.6 Å². The molecule has 0 atom stereocenters. The van der Waals surface area contributed by atoms with Gasteiger partial charge in [0.15, 0.2) is 5.16 Å². The molecule has 0 spiro atoms. The van der Waals surface area contributed by atoms with Crippen LogP contribution in [-0.4, -0.2) is 19.7 Å². The van der Waals surface area contributed by atoms with E-state index in [0.717, 1.165) is 5.82 Å². The van der Waals surface area contributed by atoms with Gasteiger partial charge in [0.1, 0.15) is 5.82 Å². The summed E-state index contributed by atoms with van der Waals surface area (Å²) in [6.45, 7) is 6.20. The predicted molar refractivity (Wildman–Crippen MR) is 77.1 cm³/mol. The average Bonchev–Trinajstić information content (AvgIpc) is 2.80. The van der Waals surface area contributed by atoms with Crippen molar-refractivity contribution in [3.8, 4) is 6.07 Å². The molecule has 21 heavy (non-hydrogen) atoms. The van der Waals surface area contributed by atoms with Crippen molar-refractivity contribution < 1.29 is 4.92 Å². The van der Waals surface area contributed by atoms with Gasteiger partial charge in [0.05, 0.1) is 16.6 Å². The second-order valence-corrected chi connectivity index (χ2v) is 5.37. The number of aromatic nitrogens is 3. The fraction of sp³-hybridized carbons (Fsp3) is 0.308. The third-order valence-electron chi connectivity index (χ3n) is 3.08. The molecule has 0 unspecified atom stereocenters. The Labute approximate surface area is 125 Å². The molecule has 1 heterocycles. The fourth-order valence-electron chi connectivity index (χ4n) is 1.93. The van der Waals surface area contributed by atoms with Crippen LogP contribution in [0.5, 0.6) is 0 Å². The Bertz CT molecular complexity index is 748. The molecule has 1 aromatic heterocycles. The van der Waals surface area contributed by atoms with Crippen LogP contribution >= 0.6 is 11.8 Å². The zero-order valence-electron chi connectivity index (χ0n) is 11.8. The lowest BCUT2D eigenvalue weighted by Crippen LogP contribution is -2.00. The van der Waals surface area contributed by atoms with Gasteiger partial charge in [-0.25, -0.2) is 0 Å². The summed E-state index contributed by atoms with van der Waals surface area (Å²) in [7, 11) is 0. The maximum atomic E-state index is 11.1. The number of benzene rings is 1. The highest BCUT2D eigenvalue weighted by Gasteiger charge is 2.19. The number of hydrogen-bond donors (Lipinski definition) is 0. The predicted octanol–water partition coefficient (Wildman–Crippen LogP) is 2.85. The summed E-state index contributed by atoms with van der Waals surface area (Å²) in [6, 6.07) is 4.87. The lowest BCUT2D eigenvalue weighted by molar-refractivity contribution is -0.385. The standard InChI is InChI=1S/C13H13N5O2S/c1-4-17-9(3)15-16-13(17)21-12-6-10(7-14)5-11(8(12)2)18(19)20/h5-6H,4H2,1-3H3. The Balaban J connectivity index is 2.51. The third-order valence-corrected chi connectivity index (χ3v) is 4.21. The summed E-state index contributed by atoms with van der Waals surface area (Å²) in [4.78, 5) is 11.2. The van der Waals surface area contributed by atoms with Crippen molar-refractivity contribution in [2.24, 2.45) is 0 Å². The van der Waals surface area contributed by atoms with Crippen LogP contribution in [0.15, 0.2) is 22.2 Å². The Morgan fingerprint density at radius 3 is 2.71 bits per heavy atom. The smallest absolute Gasteiger partial charge is 0.274 e. The first-order valence-corrected chi connectivity index (χ1v) is 7.06. The van der Waals surface area contributed by atoms with Gasteiger partial charge in [-0.15, -0.1) is 10.2 Å². The van der Waals surface area contributed by atoms with E-state index in [4.69, 9.17) is 5.26 Å². The summed E-state index contributed by atoms with van der Waals surface area (Å²) >= 11 is 1.28. The SMILES string of the molecule is CCn1c(C)nnc1Sc1cc(C#N)cc([N+](=O)[O-])c1C. The van der Waals surface area contributed by atoms with Crippen molar-refractivity contribution in [2.45, 2.75) is 37.4 Å². The molecule has 2 aromatic rings. The van der Waals surface area contributed by atoms with Gasteiger partial charge in [0.2, 0.25) is 0 Å². The number of aryl methyl sites for hydroxylation is 1. The number of rotatable bonds is 4. The Kier molecular flexibility index (Phi) is 4.23.